The van der Waals surface area contributed by atoms with Crippen LogP contribution in [0.2, 0.25) is 0 Å². The fourth-order valence-corrected chi connectivity index (χ4v) is 11.7. The number of allylic oxidation sites excluding steroid dienone is 8. The zero-order valence-corrected chi connectivity index (χ0v) is 51.9. The van der Waals surface area contributed by atoms with Crippen molar-refractivity contribution < 1.29 is 14.3 Å². The van der Waals surface area contributed by atoms with Gasteiger partial charge in [0.15, 0.2) is 14.6 Å². The summed E-state index contributed by atoms with van der Waals surface area (Å²) in [5, 5.41) is 7.21. The molecule has 0 bridgehead atoms. The average molecular weight is 1150 g/mol. The van der Waals surface area contributed by atoms with Crippen molar-refractivity contribution in [3.8, 4) is 28.8 Å². The van der Waals surface area contributed by atoms with E-state index in [4.69, 9.17) is 21.6 Å². The maximum Gasteiger partial charge on any atom is 0.221 e. The van der Waals surface area contributed by atoms with Gasteiger partial charge in [0.25, 0.3) is 0 Å². The molecule has 0 aliphatic carbocycles. The number of ether oxygens (including phenoxy) is 1. The highest BCUT2D eigenvalue weighted by Gasteiger charge is 2.36. The van der Waals surface area contributed by atoms with E-state index >= 15 is 0 Å². The monoisotopic (exact) mass is 1150 g/mol. The number of nitrogens with zero attached hydrogens (tertiary/aromatic N) is 6. The first-order valence-corrected chi connectivity index (χ1v) is 29.8. The van der Waals surface area contributed by atoms with Crippen LogP contribution in [0.25, 0.3) is 61.0 Å². The van der Waals surface area contributed by atoms with E-state index in [0.717, 1.165) is 66.1 Å². The largest absolute Gasteiger partial charge is 0.439 e. The van der Waals surface area contributed by atoms with Crippen LogP contribution in [0.15, 0.2) is 213 Å². The van der Waals surface area contributed by atoms with Gasteiger partial charge in [-0.25, -0.2) is 9.97 Å². The molecule has 2 N–H and O–H groups in total. The Bertz CT molecular complexity index is 4670. The van der Waals surface area contributed by atoms with Gasteiger partial charge in [0.05, 0.1) is 56.0 Å². The van der Waals surface area contributed by atoms with Crippen LogP contribution in [0, 0.1) is 0 Å². The summed E-state index contributed by atoms with van der Waals surface area (Å²) in [6, 6.07) is 32.8. The second kappa shape index (κ2) is 22.9. The maximum atomic E-state index is 9.40. The molecule has 0 spiro atoms. The highest BCUT2D eigenvalue weighted by molar-refractivity contribution is 6.67. The molecule has 6 aromatic carbocycles. The number of aryl methyl sites for hydroxylation is 1. The fraction of sp³-hybridized carbons (Fsp3) is 0.237. The van der Waals surface area contributed by atoms with Gasteiger partial charge in [-0.2, -0.15) is 0 Å². The van der Waals surface area contributed by atoms with E-state index < -0.39 is 19.1 Å². The van der Waals surface area contributed by atoms with Crippen molar-refractivity contribution in [1.82, 2.24) is 29.7 Å². The van der Waals surface area contributed by atoms with Crippen LogP contribution in [0.5, 0.6) is 11.6 Å². The lowest BCUT2D eigenvalue weighted by Crippen LogP contribution is -2.27. The molecule has 11 heteroatoms. The second-order valence-corrected chi connectivity index (χ2v) is 26.6. The molecule has 12 rings (SSSR count). The van der Waals surface area contributed by atoms with Gasteiger partial charge in [0.2, 0.25) is 11.8 Å². The van der Waals surface area contributed by atoms with Crippen LogP contribution in [-0.4, -0.2) is 40.3 Å². The minimum atomic E-state index is -2.75. The normalized spacial score (nSPS) is 19.6. The summed E-state index contributed by atoms with van der Waals surface area (Å²) in [6.45, 7) is 24.7. The molecular formula is C76H78B2N8O. The Labute approximate surface area is 525 Å². The van der Waals surface area contributed by atoms with Crippen molar-refractivity contribution >= 4 is 81.1 Å². The highest BCUT2D eigenvalue weighted by Crippen LogP contribution is 2.52. The molecule has 3 aromatic heterocycles. The fourth-order valence-electron chi connectivity index (χ4n) is 11.7. The number of pyridine rings is 1. The Kier molecular flexibility index (Phi) is 13.2. The molecule has 0 amide bonds. The van der Waals surface area contributed by atoms with Crippen molar-refractivity contribution in [3.63, 3.8) is 0 Å². The van der Waals surface area contributed by atoms with E-state index in [0.29, 0.717) is 40.0 Å². The first-order valence-electron chi connectivity index (χ1n) is 33.3. The molecule has 3 aliphatic rings. The summed E-state index contributed by atoms with van der Waals surface area (Å²) in [5.74, 6) is 4.70. The van der Waals surface area contributed by atoms with Gasteiger partial charge in [0, 0.05) is 64.4 Å². The summed E-state index contributed by atoms with van der Waals surface area (Å²) in [7, 11) is 4.35. The van der Waals surface area contributed by atoms with Gasteiger partial charge in [-0.05, 0) is 140 Å². The minimum absolute atomic E-state index is 0.0425. The van der Waals surface area contributed by atoms with E-state index in [1.165, 1.54) is 15.7 Å². The number of rotatable bonds is 8. The van der Waals surface area contributed by atoms with Crippen LogP contribution in [0.3, 0.4) is 0 Å². The highest BCUT2D eigenvalue weighted by atomic mass is 16.5. The Morgan fingerprint density at radius 3 is 1.76 bits per heavy atom. The number of hydrogen-bond donors (Lipinski definition) is 2. The summed E-state index contributed by atoms with van der Waals surface area (Å²) < 4.78 is 72.9. The molecule has 9 nitrogen and oxygen atoms in total. The Morgan fingerprint density at radius 2 is 1.14 bits per heavy atom. The first-order chi connectivity index (χ1) is 44.5. The summed E-state index contributed by atoms with van der Waals surface area (Å²) in [5.41, 5.74) is 14.2. The molecule has 0 fully saturated rings. The van der Waals surface area contributed by atoms with E-state index in [-0.39, 0.29) is 56.5 Å². The van der Waals surface area contributed by atoms with Gasteiger partial charge in [-0.3, -0.25) is 4.57 Å². The van der Waals surface area contributed by atoms with Crippen molar-refractivity contribution in [2.24, 2.45) is 6.98 Å². The molecule has 3 aliphatic heterocycles. The third-order valence-corrected chi connectivity index (χ3v) is 16.2. The number of imidazole rings is 1. The number of anilines is 4. The minimum Gasteiger partial charge on any atom is -0.439 e. The molecule has 0 saturated heterocycles. The summed E-state index contributed by atoms with van der Waals surface area (Å²) in [6.07, 6.45) is 24.1. The van der Waals surface area contributed by atoms with Crippen molar-refractivity contribution in [2.75, 3.05) is 16.5 Å². The lowest BCUT2D eigenvalue weighted by molar-refractivity contribution is 0.464. The molecule has 2 radical (unpaired) electrons. The van der Waals surface area contributed by atoms with Crippen LogP contribution in [-0.2, 0) is 28.6 Å². The topological polar surface area (TPSA) is 75.4 Å². The number of benzene rings is 6. The van der Waals surface area contributed by atoms with Crippen LogP contribution in [0.4, 0.5) is 22.7 Å². The standard InChI is InChI=1S/C76H78B2N8O/c1-73(2,3)50-42-56(60-27-24-40-79-38-22-20-36-77-60)71(57(43-50)61-28-25-41-80-39-23-21-37-78-61)85-49-84(66-32-18-19-33-67(66)85)52-46-63(70-58(75(7,8)9)44-51(74(4,5)6)45-59(70)76(10,11)12)81-69(47-52)87-53-34-35-55-54-26-14-16-30-64(54)86(68(55)48-53)72-82-62-29-15-17-31-65(62)83(72)13/h14-48,79-80H,49H2,1-13H3/b36-20-,37-21-,38-22-,39-23-,40-24-,41-25-,60-27-,61-28-/i13D3,14D,16D,26D,30D. The first kappa shape index (κ1) is 50.0. The number of hydrogen-bond acceptors (Lipinski definition) is 7. The third kappa shape index (κ3) is 11.6. The SMILES string of the molecule is [2H]c1c([2H])c([2H])c2c(c1[2H])c1ccc(Oc3cc(N4CN(c5c(/C6=C/C=C\N/C=C\C=C/[B]6)cc(C(C)(C)C)cc5/C5=C/C=C\N/C=C\C=C/[B]5)c5ccccc54)cc(-c4c(C(C)(C)C)cc(C(C)(C)C)cc4C(C)(C)C)n3)cc1n2-c1nc2ccccc2n1C([2H])([2H])[2H]. The number of para-hydroxylation sites is 5. The average Bonchev–Trinajstić information content (AvgIpc) is 1.55. The predicted octanol–water partition coefficient (Wildman–Crippen LogP) is 18.3. The molecular weight excluding hydrogens is 1060 g/mol. The third-order valence-electron chi connectivity index (χ3n) is 16.2. The molecule has 9 aromatic rings. The predicted molar refractivity (Wildman–Crippen MR) is 370 cm³/mol. The Balaban J connectivity index is 1.12. The van der Waals surface area contributed by atoms with Crippen molar-refractivity contribution in [1.29, 1.82) is 0 Å². The molecule has 6 heterocycles. The van der Waals surface area contributed by atoms with Gasteiger partial charge in [0.1, 0.15) is 12.4 Å². The van der Waals surface area contributed by atoms with Gasteiger partial charge < -0.3 is 29.7 Å². The lowest BCUT2D eigenvalue weighted by Gasteiger charge is -2.34. The summed E-state index contributed by atoms with van der Waals surface area (Å²) >= 11 is 0. The molecule has 0 saturated carbocycles. The quantitative estimate of drug-likeness (QED) is 0.147. The van der Waals surface area contributed by atoms with E-state index in [1.807, 2.05) is 67.3 Å². The van der Waals surface area contributed by atoms with Gasteiger partial charge in [-0.1, -0.05) is 173 Å². The van der Waals surface area contributed by atoms with Crippen LogP contribution < -0.4 is 25.2 Å². The van der Waals surface area contributed by atoms with E-state index in [2.05, 4.69) is 197 Å². The Hall–Kier alpha value is -9.21. The molecule has 434 valence electrons. The van der Waals surface area contributed by atoms with Crippen LogP contribution >= 0.6 is 0 Å². The van der Waals surface area contributed by atoms with Gasteiger partial charge in [-0.15, -0.1) is 12.0 Å². The number of fused-ring (bicyclic) bond motifs is 5. The smallest absolute Gasteiger partial charge is 0.221 e. The van der Waals surface area contributed by atoms with Crippen molar-refractivity contribution in [3.05, 3.63) is 246 Å². The zero-order chi connectivity index (χ0) is 67.0. The maximum absolute atomic E-state index is 9.40. The van der Waals surface area contributed by atoms with Crippen molar-refractivity contribution in [2.45, 2.75) is 105 Å². The Morgan fingerprint density at radius 1 is 0.552 bits per heavy atom. The molecule has 0 atom stereocenters. The zero-order valence-electron chi connectivity index (χ0n) is 58.9. The number of nitrogens with one attached hydrogen (secondary N) is 2. The second-order valence-electron chi connectivity index (χ2n) is 26.6. The number of aromatic nitrogens is 4. The molecule has 0 unspecified atom stereocenters. The van der Waals surface area contributed by atoms with E-state index in [9.17, 15) is 2.74 Å². The lowest BCUT2D eigenvalue weighted by atomic mass is 9.62. The summed E-state index contributed by atoms with van der Waals surface area (Å²) in [4.78, 5) is 15.2. The van der Waals surface area contributed by atoms with Crippen LogP contribution in [0.1, 0.15) is 126 Å². The molecule has 87 heavy (non-hydrogen) atoms. The van der Waals surface area contributed by atoms with Gasteiger partial charge >= 0.3 is 0 Å². The van der Waals surface area contributed by atoms with E-state index in [1.54, 1.807) is 42.5 Å².